The number of alkyl halides is 1. The van der Waals surface area contributed by atoms with Gasteiger partial charge in [-0.15, -0.1) is 11.6 Å². The van der Waals surface area contributed by atoms with Crippen LogP contribution in [0.4, 0.5) is 0 Å². The summed E-state index contributed by atoms with van der Waals surface area (Å²) in [7, 11) is 0. The second-order valence-electron chi connectivity index (χ2n) is 9.29. The van der Waals surface area contributed by atoms with Gasteiger partial charge in [0.1, 0.15) is 18.1 Å². The lowest BCUT2D eigenvalue weighted by molar-refractivity contribution is -0.223. The van der Waals surface area contributed by atoms with Crippen molar-refractivity contribution < 1.29 is 23.9 Å². The third-order valence-electron chi connectivity index (χ3n) is 8.43. The summed E-state index contributed by atoms with van der Waals surface area (Å²) < 4.78 is 11.0. The van der Waals surface area contributed by atoms with Gasteiger partial charge in [0, 0.05) is 0 Å². The molecule has 0 aromatic heterocycles. The fourth-order valence-electron chi connectivity index (χ4n) is 7.29. The van der Waals surface area contributed by atoms with Crippen LogP contribution in [0.3, 0.4) is 0 Å². The molecule has 29 heavy (non-hydrogen) atoms. The van der Waals surface area contributed by atoms with E-state index in [0.29, 0.717) is 31.3 Å². The van der Waals surface area contributed by atoms with Gasteiger partial charge in [-0.2, -0.15) is 0 Å². The van der Waals surface area contributed by atoms with Crippen molar-refractivity contribution in [1.29, 1.82) is 0 Å². The zero-order chi connectivity index (χ0) is 21.0. The van der Waals surface area contributed by atoms with Gasteiger partial charge >= 0.3 is 11.9 Å². The predicted molar refractivity (Wildman–Crippen MR) is 106 cm³/mol. The molecule has 0 saturated heterocycles. The molecule has 5 aliphatic rings. The first-order chi connectivity index (χ1) is 13.8. The lowest BCUT2D eigenvalue weighted by atomic mass is 9.37. The minimum absolute atomic E-state index is 0.0538. The van der Waals surface area contributed by atoms with Gasteiger partial charge in [-0.3, -0.25) is 14.4 Å². The number of terminal acetylenes is 1. The van der Waals surface area contributed by atoms with E-state index in [4.69, 9.17) is 27.5 Å². The smallest absolute Gasteiger partial charge is 0.326 e. The number of hydrogen-bond donors (Lipinski definition) is 0. The fraction of sp³-hybridized carbons (Fsp3) is 0.696. The first-order valence-corrected chi connectivity index (χ1v) is 11.0. The monoisotopic (exact) mass is 418 g/mol. The van der Waals surface area contributed by atoms with Crippen molar-refractivity contribution in [2.75, 3.05) is 5.88 Å². The third kappa shape index (κ3) is 2.64. The van der Waals surface area contributed by atoms with Crippen molar-refractivity contribution >= 4 is 29.3 Å². The summed E-state index contributed by atoms with van der Waals surface area (Å²) in [5.41, 5.74) is -1.15. The molecule has 2 bridgehead atoms. The molecule has 156 valence electrons. The number of allylic oxidation sites excluding steroid dienone is 1. The molecule has 0 N–H and O–H groups in total. The molecule has 1 spiro atoms. The number of ketones is 1. The summed E-state index contributed by atoms with van der Waals surface area (Å²) in [6.45, 7) is 6.18. The Morgan fingerprint density at radius 2 is 2.07 bits per heavy atom. The molecule has 5 saturated carbocycles. The number of Topliss-reactive ketones (excluding diaryl/α,β-unsaturated/α-hetero) is 1. The summed E-state index contributed by atoms with van der Waals surface area (Å²) in [5.74, 6) is -1.26. The van der Waals surface area contributed by atoms with Gasteiger partial charge in [-0.1, -0.05) is 32.8 Å². The predicted octanol–water partition coefficient (Wildman–Crippen LogP) is 3.64. The maximum atomic E-state index is 13.6. The van der Waals surface area contributed by atoms with Crippen molar-refractivity contribution in [3.05, 3.63) is 12.2 Å². The third-order valence-corrected chi connectivity index (χ3v) is 8.65. The first kappa shape index (κ1) is 20.5. The summed E-state index contributed by atoms with van der Waals surface area (Å²) in [5, 5.41) is 0. The number of halogens is 1. The van der Waals surface area contributed by atoms with Gasteiger partial charge in [0.05, 0.1) is 10.8 Å². The van der Waals surface area contributed by atoms with Crippen LogP contribution in [0.15, 0.2) is 12.2 Å². The summed E-state index contributed by atoms with van der Waals surface area (Å²) in [6.07, 6.45) is 11.9. The van der Waals surface area contributed by atoms with Crippen molar-refractivity contribution in [2.45, 2.75) is 58.0 Å². The quantitative estimate of drug-likeness (QED) is 0.303. The highest BCUT2D eigenvalue weighted by Crippen LogP contribution is 2.70. The molecular weight excluding hydrogens is 392 g/mol. The van der Waals surface area contributed by atoms with E-state index in [1.807, 2.05) is 0 Å². The second-order valence-corrected chi connectivity index (χ2v) is 9.56. The Labute approximate surface area is 176 Å². The van der Waals surface area contributed by atoms with E-state index in [9.17, 15) is 14.4 Å². The van der Waals surface area contributed by atoms with Gasteiger partial charge in [0.15, 0.2) is 5.78 Å². The van der Waals surface area contributed by atoms with Crippen molar-refractivity contribution in [3.8, 4) is 12.5 Å². The highest BCUT2D eigenvalue weighted by atomic mass is 35.5. The Morgan fingerprint density at radius 1 is 1.31 bits per heavy atom. The minimum Gasteiger partial charge on any atom is -0.460 e. The van der Waals surface area contributed by atoms with E-state index < -0.39 is 28.9 Å². The van der Waals surface area contributed by atoms with E-state index in [2.05, 4.69) is 19.6 Å². The molecule has 5 nitrogen and oxygen atoms in total. The molecule has 7 atom stereocenters. The van der Waals surface area contributed by atoms with Crippen LogP contribution in [0.2, 0.25) is 0 Å². The zero-order valence-corrected chi connectivity index (χ0v) is 17.5. The number of carbonyl (C=O) groups is 3. The number of ether oxygens (including phenoxy) is 2. The molecule has 5 rings (SSSR count). The molecule has 0 amide bonds. The molecular formula is C23H27ClO5. The number of carbonyl (C=O) groups excluding carboxylic acids is 3. The largest absolute Gasteiger partial charge is 0.460 e. The standard InChI is InChI=1S/C23H27ClO5/c1-4-28-21(27)22-8-5-6-13(2)16(22)11-18(29-19(25)12-24)23-9-7-15(10-17(22)23)14(3)20(23)26/h1,13,15-18H,3,5-12H2,2H3. The van der Waals surface area contributed by atoms with E-state index in [-0.39, 0.29) is 35.3 Å². The first-order valence-electron chi connectivity index (χ1n) is 10.5. The van der Waals surface area contributed by atoms with Gasteiger partial charge in [0.2, 0.25) is 0 Å². The number of hydrogen-bond acceptors (Lipinski definition) is 5. The average Bonchev–Trinajstić information content (AvgIpc) is 2.72. The topological polar surface area (TPSA) is 69.7 Å². The lowest BCUT2D eigenvalue weighted by Gasteiger charge is -2.66. The van der Waals surface area contributed by atoms with Crippen LogP contribution < -0.4 is 0 Å². The van der Waals surface area contributed by atoms with Crippen molar-refractivity contribution in [3.63, 3.8) is 0 Å². The molecule has 0 aliphatic heterocycles. The summed E-state index contributed by atoms with van der Waals surface area (Å²) >= 11 is 5.72. The normalized spacial score (nSPS) is 43.0. The molecule has 0 radical (unpaired) electrons. The van der Waals surface area contributed by atoms with E-state index >= 15 is 0 Å². The molecule has 5 aliphatic carbocycles. The van der Waals surface area contributed by atoms with Crippen LogP contribution in [-0.4, -0.2) is 29.7 Å². The van der Waals surface area contributed by atoms with Gasteiger partial charge in [-0.05, 0) is 61.3 Å². The summed E-state index contributed by atoms with van der Waals surface area (Å²) in [6, 6.07) is 0. The van der Waals surface area contributed by atoms with Gasteiger partial charge in [-0.25, -0.2) is 0 Å². The Balaban J connectivity index is 1.88. The van der Waals surface area contributed by atoms with Gasteiger partial charge < -0.3 is 9.47 Å². The maximum absolute atomic E-state index is 13.6. The molecule has 0 aromatic carbocycles. The van der Waals surface area contributed by atoms with Crippen molar-refractivity contribution in [1.82, 2.24) is 0 Å². The molecule has 6 heteroatoms. The van der Waals surface area contributed by atoms with Crippen molar-refractivity contribution in [2.24, 2.45) is 34.5 Å². The highest BCUT2D eigenvalue weighted by Gasteiger charge is 2.73. The van der Waals surface area contributed by atoms with Crippen LogP contribution >= 0.6 is 11.6 Å². The Hall–Kier alpha value is -1.80. The van der Waals surface area contributed by atoms with Crippen LogP contribution in [0.5, 0.6) is 0 Å². The van der Waals surface area contributed by atoms with E-state index in [0.717, 1.165) is 19.3 Å². The average molecular weight is 419 g/mol. The number of rotatable bonds is 3. The fourth-order valence-corrected chi connectivity index (χ4v) is 7.35. The number of fused-ring (bicyclic) bond motifs is 3. The van der Waals surface area contributed by atoms with Crippen LogP contribution in [0, 0.1) is 47.0 Å². The lowest BCUT2D eigenvalue weighted by Crippen LogP contribution is -2.70. The Bertz CT molecular complexity index is 813. The van der Waals surface area contributed by atoms with Crippen LogP contribution in [0.1, 0.15) is 51.9 Å². The SMILES string of the molecule is C#COC(=O)C12CCCC(C)C1CC(OC(=O)CCl)C13CCC(CC12)C(=C)C3=O. The molecule has 7 unspecified atom stereocenters. The second kappa shape index (κ2) is 7.16. The minimum atomic E-state index is -0.936. The molecule has 0 heterocycles. The van der Waals surface area contributed by atoms with Gasteiger partial charge in [0.25, 0.3) is 0 Å². The number of esters is 2. The summed E-state index contributed by atoms with van der Waals surface area (Å²) in [4.78, 5) is 39.1. The molecule has 0 aromatic rings. The van der Waals surface area contributed by atoms with E-state index in [1.54, 1.807) is 0 Å². The zero-order valence-electron chi connectivity index (χ0n) is 16.7. The highest BCUT2D eigenvalue weighted by molar-refractivity contribution is 6.26. The Kier molecular flexibility index (Phi) is 5.06. The maximum Gasteiger partial charge on any atom is 0.326 e. The van der Waals surface area contributed by atoms with Crippen LogP contribution in [0.25, 0.3) is 0 Å². The Morgan fingerprint density at radius 3 is 2.76 bits per heavy atom. The molecule has 5 fully saturated rings. The van der Waals surface area contributed by atoms with Crippen LogP contribution in [-0.2, 0) is 23.9 Å². The van der Waals surface area contributed by atoms with E-state index in [1.165, 1.54) is 0 Å².